The zero-order chi connectivity index (χ0) is 11.3. The van der Waals surface area contributed by atoms with Gasteiger partial charge in [-0.1, -0.05) is 44.2 Å². The zero-order valence-electron chi connectivity index (χ0n) is 9.86. The molecule has 15 heavy (non-hydrogen) atoms. The van der Waals surface area contributed by atoms with E-state index in [1.54, 1.807) is 7.05 Å². The topological polar surface area (TPSA) is 24.7 Å². The summed E-state index contributed by atoms with van der Waals surface area (Å²) in [6.45, 7) is 6.31. The smallest absolute Gasteiger partial charge is 0.154 e. The van der Waals surface area contributed by atoms with E-state index in [0.29, 0.717) is 5.92 Å². The van der Waals surface area contributed by atoms with Crippen LogP contribution in [0, 0.1) is 5.92 Å². The SMILES string of the molecule is CN=C(N=C(C)C(C)C)c1ccccc1. The third-order valence-corrected chi connectivity index (χ3v) is 2.36. The molecule has 0 aromatic heterocycles. The van der Waals surface area contributed by atoms with Gasteiger partial charge in [-0.3, -0.25) is 4.99 Å². The molecule has 0 aliphatic rings. The third kappa shape index (κ3) is 3.31. The van der Waals surface area contributed by atoms with E-state index in [9.17, 15) is 0 Å². The number of rotatable bonds is 2. The standard InChI is InChI=1S/C13H18N2/c1-10(2)11(3)15-13(14-4)12-8-6-5-7-9-12/h5-10H,1-4H3. The maximum Gasteiger partial charge on any atom is 0.154 e. The Balaban J connectivity index is 2.98. The van der Waals surface area contributed by atoms with E-state index in [1.807, 2.05) is 37.3 Å². The summed E-state index contributed by atoms with van der Waals surface area (Å²) in [5.41, 5.74) is 2.18. The molecule has 0 fully saturated rings. The summed E-state index contributed by atoms with van der Waals surface area (Å²) in [5, 5.41) is 0. The highest BCUT2D eigenvalue weighted by Gasteiger charge is 2.03. The van der Waals surface area contributed by atoms with Gasteiger partial charge < -0.3 is 0 Å². The Morgan fingerprint density at radius 1 is 1.13 bits per heavy atom. The first-order valence-electron chi connectivity index (χ1n) is 5.22. The lowest BCUT2D eigenvalue weighted by Crippen LogP contribution is -2.07. The van der Waals surface area contributed by atoms with Crippen LogP contribution in [-0.4, -0.2) is 18.6 Å². The van der Waals surface area contributed by atoms with Crippen molar-refractivity contribution in [1.29, 1.82) is 0 Å². The van der Waals surface area contributed by atoms with Crippen molar-refractivity contribution in [2.24, 2.45) is 15.9 Å². The van der Waals surface area contributed by atoms with Gasteiger partial charge in [-0.05, 0) is 12.8 Å². The molecule has 2 nitrogen and oxygen atoms in total. The first kappa shape index (κ1) is 11.6. The zero-order valence-corrected chi connectivity index (χ0v) is 9.86. The van der Waals surface area contributed by atoms with Crippen LogP contribution in [0.4, 0.5) is 0 Å². The third-order valence-electron chi connectivity index (χ3n) is 2.36. The number of nitrogens with zero attached hydrogens (tertiary/aromatic N) is 2. The summed E-state index contributed by atoms with van der Waals surface area (Å²) in [5.74, 6) is 1.27. The molecule has 0 atom stereocenters. The van der Waals surface area contributed by atoms with Crippen LogP contribution in [0.5, 0.6) is 0 Å². The van der Waals surface area contributed by atoms with E-state index < -0.39 is 0 Å². The van der Waals surface area contributed by atoms with Crippen LogP contribution in [0.2, 0.25) is 0 Å². The van der Waals surface area contributed by atoms with E-state index >= 15 is 0 Å². The molecule has 0 heterocycles. The minimum atomic E-state index is 0.463. The Kier molecular flexibility index (Phi) is 4.22. The van der Waals surface area contributed by atoms with Gasteiger partial charge in [0.15, 0.2) is 5.84 Å². The maximum absolute atomic E-state index is 4.53. The number of amidine groups is 1. The van der Waals surface area contributed by atoms with Crippen LogP contribution in [0.1, 0.15) is 26.3 Å². The normalized spacial score (nSPS) is 13.4. The first-order valence-corrected chi connectivity index (χ1v) is 5.22. The molecule has 0 radical (unpaired) electrons. The highest BCUT2D eigenvalue weighted by molar-refractivity contribution is 6.06. The maximum atomic E-state index is 4.53. The van der Waals surface area contributed by atoms with Gasteiger partial charge in [0, 0.05) is 18.3 Å². The Hall–Kier alpha value is -1.44. The fraction of sp³-hybridized carbons (Fsp3) is 0.385. The molecule has 0 saturated heterocycles. The number of aliphatic imine (C=N–C) groups is 2. The van der Waals surface area contributed by atoms with Crippen molar-refractivity contribution in [3.8, 4) is 0 Å². The second kappa shape index (κ2) is 5.44. The van der Waals surface area contributed by atoms with Gasteiger partial charge in [0.1, 0.15) is 0 Å². The first-order chi connectivity index (χ1) is 7.15. The lowest BCUT2D eigenvalue weighted by Gasteiger charge is -2.05. The highest BCUT2D eigenvalue weighted by atomic mass is 14.9. The molecule has 0 unspecified atom stereocenters. The van der Waals surface area contributed by atoms with Gasteiger partial charge in [-0.25, -0.2) is 4.99 Å². The minimum Gasteiger partial charge on any atom is -0.270 e. The van der Waals surface area contributed by atoms with E-state index in [4.69, 9.17) is 0 Å². The largest absolute Gasteiger partial charge is 0.270 e. The average molecular weight is 202 g/mol. The van der Waals surface area contributed by atoms with Crippen LogP contribution in [0.3, 0.4) is 0 Å². The lowest BCUT2D eigenvalue weighted by molar-refractivity contribution is 0.880. The van der Waals surface area contributed by atoms with Gasteiger partial charge in [0.25, 0.3) is 0 Å². The van der Waals surface area contributed by atoms with Gasteiger partial charge in [-0.2, -0.15) is 0 Å². The lowest BCUT2D eigenvalue weighted by atomic mass is 10.1. The van der Waals surface area contributed by atoms with Crippen LogP contribution in [0.25, 0.3) is 0 Å². The fourth-order valence-corrected chi connectivity index (χ4v) is 1.13. The van der Waals surface area contributed by atoms with E-state index in [2.05, 4.69) is 23.8 Å². The number of hydrogen-bond donors (Lipinski definition) is 0. The van der Waals surface area contributed by atoms with Gasteiger partial charge in [0.2, 0.25) is 0 Å². The molecule has 0 aliphatic heterocycles. The molecule has 1 rings (SSSR count). The quantitative estimate of drug-likeness (QED) is 0.520. The minimum absolute atomic E-state index is 0.463. The highest BCUT2D eigenvalue weighted by Crippen LogP contribution is 2.05. The van der Waals surface area contributed by atoms with E-state index in [1.165, 1.54) is 0 Å². The van der Waals surface area contributed by atoms with Crippen molar-refractivity contribution in [2.75, 3.05) is 7.05 Å². The van der Waals surface area contributed by atoms with Crippen LogP contribution < -0.4 is 0 Å². The molecule has 1 aromatic carbocycles. The monoisotopic (exact) mass is 202 g/mol. The second-order valence-corrected chi connectivity index (χ2v) is 3.82. The summed E-state index contributed by atoms with van der Waals surface area (Å²) < 4.78 is 0. The summed E-state index contributed by atoms with van der Waals surface area (Å²) >= 11 is 0. The Morgan fingerprint density at radius 2 is 1.73 bits per heavy atom. The second-order valence-electron chi connectivity index (χ2n) is 3.82. The van der Waals surface area contributed by atoms with E-state index in [0.717, 1.165) is 17.1 Å². The van der Waals surface area contributed by atoms with Gasteiger partial charge >= 0.3 is 0 Å². The molecule has 0 amide bonds. The van der Waals surface area contributed by atoms with E-state index in [-0.39, 0.29) is 0 Å². The average Bonchev–Trinajstić information content (AvgIpc) is 2.26. The van der Waals surface area contributed by atoms with Crippen LogP contribution in [-0.2, 0) is 0 Å². The van der Waals surface area contributed by atoms with Crippen molar-refractivity contribution in [3.63, 3.8) is 0 Å². The molecule has 0 bridgehead atoms. The molecule has 0 N–H and O–H groups in total. The predicted molar refractivity (Wildman–Crippen MR) is 66.9 cm³/mol. The molecule has 0 saturated carbocycles. The predicted octanol–water partition coefficient (Wildman–Crippen LogP) is 3.18. The summed E-state index contributed by atoms with van der Waals surface area (Å²) in [6, 6.07) is 10.1. The van der Waals surface area contributed by atoms with Crippen molar-refractivity contribution in [1.82, 2.24) is 0 Å². The molecule has 2 heteroatoms. The van der Waals surface area contributed by atoms with Gasteiger partial charge in [-0.15, -0.1) is 0 Å². The molecular weight excluding hydrogens is 184 g/mol. The molecular formula is C13H18N2. The van der Waals surface area contributed by atoms with Crippen LogP contribution in [0.15, 0.2) is 40.3 Å². The van der Waals surface area contributed by atoms with Crippen molar-refractivity contribution >= 4 is 11.5 Å². The molecule has 0 spiro atoms. The van der Waals surface area contributed by atoms with Crippen molar-refractivity contribution in [2.45, 2.75) is 20.8 Å². The summed E-state index contributed by atoms with van der Waals surface area (Å²) in [7, 11) is 1.78. The van der Waals surface area contributed by atoms with Crippen LogP contribution >= 0.6 is 0 Å². The number of hydrogen-bond acceptors (Lipinski definition) is 1. The van der Waals surface area contributed by atoms with Crippen molar-refractivity contribution in [3.05, 3.63) is 35.9 Å². The molecule has 80 valence electrons. The van der Waals surface area contributed by atoms with Gasteiger partial charge in [0.05, 0.1) is 0 Å². The Bertz CT molecular complexity index is 361. The fourth-order valence-electron chi connectivity index (χ4n) is 1.13. The molecule has 0 aliphatic carbocycles. The molecule has 1 aromatic rings. The summed E-state index contributed by atoms with van der Waals surface area (Å²) in [4.78, 5) is 8.74. The summed E-state index contributed by atoms with van der Waals surface area (Å²) in [6.07, 6.45) is 0. The van der Waals surface area contributed by atoms with Crippen molar-refractivity contribution < 1.29 is 0 Å². The number of benzene rings is 1. The Labute approximate surface area is 91.8 Å². The Morgan fingerprint density at radius 3 is 2.20 bits per heavy atom.